The molecule has 0 unspecified atom stereocenters. The lowest BCUT2D eigenvalue weighted by Gasteiger charge is -2.19. The molecule has 0 rings (SSSR count). The quantitative estimate of drug-likeness (QED) is 0.651. The second kappa shape index (κ2) is 4.77. The first kappa shape index (κ1) is 13.4. The topological polar surface area (TPSA) is 60.4 Å². The average Bonchev–Trinajstić information content (AvgIpc) is 2.02. The molecule has 0 aromatic heterocycles. The minimum atomic E-state index is -3.05. The van der Waals surface area contributed by atoms with Gasteiger partial charge in [-0.1, -0.05) is 6.92 Å². The molecule has 0 heterocycles. The molecule has 5 heteroatoms. The summed E-state index contributed by atoms with van der Waals surface area (Å²) in [6.45, 7) is 5.38. The molecule has 84 valence electrons. The Bertz CT molecular complexity index is 290. The Morgan fingerprint density at radius 2 is 1.86 bits per heavy atom. The summed E-state index contributed by atoms with van der Waals surface area (Å²) in [5, 5.41) is 0. The third-order valence-corrected chi connectivity index (χ3v) is 3.03. The predicted molar refractivity (Wildman–Crippen MR) is 54.7 cm³/mol. The highest BCUT2D eigenvalue weighted by Crippen LogP contribution is 2.21. The van der Waals surface area contributed by atoms with E-state index in [2.05, 4.69) is 0 Å². The van der Waals surface area contributed by atoms with Crippen molar-refractivity contribution in [3.8, 4) is 0 Å². The van der Waals surface area contributed by atoms with Gasteiger partial charge in [-0.15, -0.1) is 0 Å². The van der Waals surface area contributed by atoms with Crippen LogP contribution in [0.2, 0.25) is 0 Å². The largest absolute Gasteiger partial charge is 0.464 e. The summed E-state index contributed by atoms with van der Waals surface area (Å²) in [6.07, 6.45) is 1.79. The molecule has 0 saturated carbocycles. The lowest BCUT2D eigenvalue weighted by Crippen LogP contribution is -2.27. The summed E-state index contributed by atoms with van der Waals surface area (Å²) in [7, 11) is -3.05. The van der Waals surface area contributed by atoms with Crippen LogP contribution in [0.5, 0.6) is 0 Å². The fraction of sp³-hybridized carbons (Fsp3) is 0.889. The van der Waals surface area contributed by atoms with E-state index in [0.29, 0.717) is 6.42 Å². The van der Waals surface area contributed by atoms with E-state index in [0.717, 1.165) is 6.26 Å². The van der Waals surface area contributed by atoms with E-state index in [9.17, 15) is 13.2 Å². The second-order valence-electron chi connectivity index (χ2n) is 4.00. The molecule has 0 atom stereocenters. The summed E-state index contributed by atoms with van der Waals surface area (Å²) in [4.78, 5) is 11.4. The zero-order valence-corrected chi connectivity index (χ0v) is 9.98. The number of rotatable bonds is 5. The first-order valence-corrected chi connectivity index (χ1v) is 6.60. The third-order valence-electron chi connectivity index (χ3n) is 2.12. The van der Waals surface area contributed by atoms with Crippen LogP contribution in [-0.2, 0) is 19.4 Å². The van der Waals surface area contributed by atoms with Gasteiger partial charge < -0.3 is 4.74 Å². The highest BCUT2D eigenvalue weighted by atomic mass is 32.2. The molecule has 0 amide bonds. The molecule has 0 aliphatic rings. The predicted octanol–water partition coefficient (Wildman–Crippen LogP) is 1.01. The van der Waals surface area contributed by atoms with E-state index in [1.165, 1.54) is 0 Å². The van der Waals surface area contributed by atoms with Crippen LogP contribution in [0.1, 0.15) is 27.2 Å². The van der Waals surface area contributed by atoms with Crippen LogP contribution < -0.4 is 0 Å². The maximum absolute atomic E-state index is 11.4. The molecular weight excluding hydrogens is 204 g/mol. The van der Waals surface area contributed by atoms with E-state index in [-0.39, 0.29) is 18.3 Å². The third kappa shape index (κ3) is 5.21. The monoisotopic (exact) mass is 222 g/mol. The number of esters is 1. The van der Waals surface area contributed by atoms with Gasteiger partial charge in [-0.05, 0) is 20.3 Å². The van der Waals surface area contributed by atoms with Crippen molar-refractivity contribution in [2.24, 2.45) is 5.41 Å². The maximum Gasteiger partial charge on any atom is 0.311 e. The van der Waals surface area contributed by atoms with E-state index in [1.54, 1.807) is 13.8 Å². The summed E-state index contributed by atoms with van der Waals surface area (Å²) in [5.74, 6) is -0.456. The Labute approximate surface area is 85.6 Å². The van der Waals surface area contributed by atoms with Gasteiger partial charge in [0.2, 0.25) is 0 Å². The smallest absolute Gasteiger partial charge is 0.311 e. The van der Waals surface area contributed by atoms with Gasteiger partial charge in [0.05, 0.1) is 11.2 Å². The van der Waals surface area contributed by atoms with Gasteiger partial charge >= 0.3 is 5.97 Å². The summed E-state index contributed by atoms with van der Waals surface area (Å²) in [6, 6.07) is 0. The van der Waals surface area contributed by atoms with Gasteiger partial charge in [0.1, 0.15) is 6.61 Å². The minimum Gasteiger partial charge on any atom is -0.464 e. The Morgan fingerprint density at radius 1 is 1.36 bits per heavy atom. The number of hydrogen-bond donors (Lipinski definition) is 0. The van der Waals surface area contributed by atoms with Crippen molar-refractivity contribution in [3.63, 3.8) is 0 Å². The van der Waals surface area contributed by atoms with Crippen molar-refractivity contribution in [3.05, 3.63) is 0 Å². The summed E-state index contributed by atoms with van der Waals surface area (Å²) >= 11 is 0. The second-order valence-corrected chi connectivity index (χ2v) is 6.26. The fourth-order valence-corrected chi connectivity index (χ4v) is 1.01. The SMILES string of the molecule is CCC(C)(C)C(=O)OCCS(C)(=O)=O. The molecule has 0 aliphatic carbocycles. The van der Waals surface area contributed by atoms with Gasteiger partial charge in [0.25, 0.3) is 0 Å². The van der Waals surface area contributed by atoms with E-state index in [4.69, 9.17) is 4.74 Å². The maximum atomic E-state index is 11.4. The zero-order chi connectivity index (χ0) is 11.4. The van der Waals surface area contributed by atoms with Gasteiger partial charge in [-0.3, -0.25) is 4.79 Å². The fourth-order valence-electron chi connectivity index (χ4n) is 0.625. The van der Waals surface area contributed by atoms with Crippen LogP contribution in [0.15, 0.2) is 0 Å². The molecule has 0 spiro atoms. The number of carbonyl (C=O) groups is 1. The average molecular weight is 222 g/mol. The van der Waals surface area contributed by atoms with Crippen LogP contribution in [0.25, 0.3) is 0 Å². The zero-order valence-electron chi connectivity index (χ0n) is 9.16. The number of ether oxygens (including phenoxy) is 1. The molecule has 0 saturated heterocycles. The molecule has 14 heavy (non-hydrogen) atoms. The Kier molecular flexibility index (Phi) is 4.58. The van der Waals surface area contributed by atoms with Crippen LogP contribution in [-0.4, -0.2) is 33.0 Å². The van der Waals surface area contributed by atoms with E-state index < -0.39 is 15.3 Å². The minimum absolute atomic E-state index is 0.0545. The van der Waals surface area contributed by atoms with Crippen LogP contribution in [0.4, 0.5) is 0 Å². The Hall–Kier alpha value is -0.580. The number of sulfone groups is 1. The van der Waals surface area contributed by atoms with Crippen molar-refractivity contribution in [2.45, 2.75) is 27.2 Å². The molecule has 4 nitrogen and oxygen atoms in total. The van der Waals surface area contributed by atoms with Crippen molar-refractivity contribution in [1.82, 2.24) is 0 Å². The Balaban J connectivity index is 3.99. The highest BCUT2D eigenvalue weighted by Gasteiger charge is 2.27. The number of carbonyl (C=O) groups excluding carboxylic acids is 1. The lowest BCUT2D eigenvalue weighted by atomic mass is 9.91. The van der Waals surface area contributed by atoms with E-state index in [1.807, 2.05) is 6.92 Å². The number of hydrogen-bond acceptors (Lipinski definition) is 4. The highest BCUT2D eigenvalue weighted by molar-refractivity contribution is 7.90. The van der Waals surface area contributed by atoms with Gasteiger partial charge in [0.15, 0.2) is 9.84 Å². The molecular formula is C9H18O4S. The van der Waals surface area contributed by atoms with Crippen LogP contribution in [0, 0.1) is 5.41 Å². The molecule has 0 aliphatic heterocycles. The van der Waals surface area contributed by atoms with Crippen LogP contribution in [0.3, 0.4) is 0 Å². The molecule has 0 radical (unpaired) electrons. The normalized spacial score (nSPS) is 12.6. The van der Waals surface area contributed by atoms with Gasteiger partial charge in [-0.25, -0.2) is 8.42 Å². The van der Waals surface area contributed by atoms with Crippen molar-refractivity contribution in [2.75, 3.05) is 18.6 Å². The summed E-state index contributed by atoms with van der Waals surface area (Å²) in [5.41, 5.74) is -0.530. The Morgan fingerprint density at radius 3 is 2.21 bits per heavy atom. The molecule has 0 aromatic carbocycles. The van der Waals surface area contributed by atoms with Crippen LogP contribution >= 0.6 is 0 Å². The molecule has 0 aromatic rings. The first-order valence-electron chi connectivity index (χ1n) is 4.54. The molecule has 0 N–H and O–H groups in total. The first-order chi connectivity index (χ1) is 6.19. The van der Waals surface area contributed by atoms with Gasteiger partial charge in [-0.2, -0.15) is 0 Å². The standard InChI is InChI=1S/C9H18O4S/c1-5-9(2,3)8(10)13-6-7-14(4,11)12/h5-7H2,1-4H3. The van der Waals surface area contributed by atoms with Crippen molar-refractivity contribution in [1.29, 1.82) is 0 Å². The van der Waals surface area contributed by atoms with Gasteiger partial charge in [0, 0.05) is 6.26 Å². The summed E-state index contributed by atoms with van der Waals surface area (Å²) < 4.78 is 26.3. The molecule has 0 bridgehead atoms. The molecule has 0 fully saturated rings. The lowest BCUT2D eigenvalue weighted by molar-refractivity contribution is -0.153. The van der Waals surface area contributed by atoms with Crippen molar-refractivity contribution < 1.29 is 17.9 Å². The van der Waals surface area contributed by atoms with E-state index >= 15 is 0 Å². The van der Waals surface area contributed by atoms with Crippen molar-refractivity contribution >= 4 is 15.8 Å².